The number of aromatic nitrogens is 3. The van der Waals surface area contributed by atoms with Gasteiger partial charge in [-0.2, -0.15) is 5.10 Å². The maximum Gasteiger partial charge on any atom is 0.252 e. The van der Waals surface area contributed by atoms with Gasteiger partial charge in [-0.1, -0.05) is 12.1 Å². The summed E-state index contributed by atoms with van der Waals surface area (Å²) < 4.78 is 6.57. The summed E-state index contributed by atoms with van der Waals surface area (Å²) in [5.41, 5.74) is 2.79. The summed E-state index contributed by atoms with van der Waals surface area (Å²) in [6, 6.07) is 9.79. The number of nitrogens with zero attached hydrogens (tertiary/aromatic N) is 3. The molecule has 0 aliphatic heterocycles. The minimum atomic E-state index is -0.211. The van der Waals surface area contributed by atoms with Gasteiger partial charge < -0.3 is 4.74 Å². The molecule has 7 heteroatoms. The molecule has 1 amide bonds. The van der Waals surface area contributed by atoms with Crippen LogP contribution in [0.3, 0.4) is 0 Å². The topological polar surface area (TPSA) is 69.0 Å². The number of carbonyl (C=O) groups excluding carboxylic acids is 1. The first-order chi connectivity index (χ1) is 10.8. The molecular weight excluding hydrogens is 300 g/mol. The molecule has 0 radical (unpaired) electrons. The molecule has 1 aromatic carbocycles. The van der Waals surface area contributed by atoms with Gasteiger partial charge in [0.25, 0.3) is 5.91 Å². The van der Waals surface area contributed by atoms with Crippen molar-refractivity contribution in [1.82, 2.24) is 14.8 Å². The Morgan fingerprint density at radius 1 is 1.36 bits per heavy atom. The van der Waals surface area contributed by atoms with Crippen LogP contribution in [0, 0.1) is 0 Å². The highest BCUT2D eigenvalue weighted by molar-refractivity contribution is 7.14. The largest absolute Gasteiger partial charge is 0.375 e. The fourth-order valence-electron chi connectivity index (χ4n) is 1.96. The van der Waals surface area contributed by atoms with Crippen LogP contribution in [0.1, 0.15) is 0 Å². The Morgan fingerprint density at radius 2 is 2.18 bits per heavy atom. The molecule has 0 atom stereocenters. The summed E-state index contributed by atoms with van der Waals surface area (Å²) in [5.74, 6) is -0.211. The van der Waals surface area contributed by atoms with Crippen LogP contribution in [0.25, 0.3) is 16.9 Å². The van der Waals surface area contributed by atoms with E-state index < -0.39 is 0 Å². The number of nitrogens with one attached hydrogen (secondary N) is 1. The third-order valence-corrected chi connectivity index (χ3v) is 3.72. The van der Waals surface area contributed by atoms with E-state index in [-0.39, 0.29) is 12.5 Å². The molecule has 0 fully saturated rings. The number of methoxy groups -OCH3 is 1. The lowest BCUT2D eigenvalue weighted by Crippen LogP contribution is -2.16. The zero-order valence-electron chi connectivity index (χ0n) is 11.9. The lowest BCUT2D eigenvalue weighted by Gasteiger charge is -2.02. The molecule has 2 aromatic heterocycles. The van der Waals surface area contributed by atoms with Crippen LogP contribution < -0.4 is 5.32 Å². The summed E-state index contributed by atoms with van der Waals surface area (Å²) >= 11 is 1.38. The molecule has 0 spiro atoms. The van der Waals surface area contributed by atoms with Gasteiger partial charge in [-0.3, -0.25) is 10.1 Å². The number of carbonyl (C=O) groups is 1. The molecule has 1 N–H and O–H groups in total. The normalized spacial score (nSPS) is 10.6. The number of hydrogen-bond acceptors (Lipinski definition) is 5. The Hall–Kier alpha value is -2.51. The van der Waals surface area contributed by atoms with E-state index in [2.05, 4.69) is 15.4 Å². The predicted molar refractivity (Wildman–Crippen MR) is 85.2 cm³/mol. The number of benzene rings is 1. The summed E-state index contributed by atoms with van der Waals surface area (Å²) in [4.78, 5) is 15.9. The fourth-order valence-corrected chi connectivity index (χ4v) is 2.69. The summed E-state index contributed by atoms with van der Waals surface area (Å²) in [6.07, 6.45) is 3.63. The van der Waals surface area contributed by atoms with E-state index in [1.807, 2.05) is 41.9 Å². The standard InChI is InChI=1S/C15H14N4O2S/c1-21-9-14(20)18-15-17-13(10-22-15)11-3-5-12(6-4-11)19-8-2-7-16-19/h2-8,10H,9H2,1H3,(H,17,18,20). The van der Waals surface area contributed by atoms with Crippen LogP contribution in [0.15, 0.2) is 48.1 Å². The zero-order valence-corrected chi connectivity index (χ0v) is 12.7. The third kappa shape index (κ3) is 3.21. The first-order valence-electron chi connectivity index (χ1n) is 6.61. The van der Waals surface area contributed by atoms with Crippen LogP contribution in [-0.4, -0.2) is 34.4 Å². The van der Waals surface area contributed by atoms with Gasteiger partial charge in [-0.05, 0) is 18.2 Å². The minimum absolute atomic E-state index is 0.0213. The van der Waals surface area contributed by atoms with Gasteiger partial charge in [0.1, 0.15) is 6.61 Å². The fraction of sp³-hybridized carbons (Fsp3) is 0.133. The highest BCUT2D eigenvalue weighted by atomic mass is 32.1. The molecule has 22 heavy (non-hydrogen) atoms. The SMILES string of the molecule is COCC(=O)Nc1nc(-c2ccc(-n3cccn3)cc2)cs1. The molecule has 3 rings (SSSR count). The van der Waals surface area contributed by atoms with E-state index in [9.17, 15) is 4.79 Å². The lowest BCUT2D eigenvalue weighted by atomic mass is 10.1. The van der Waals surface area contributed by atoms with Crippen LogP contribution >= 0.6 is 11.3 Å². The van der Waals surface area contributed by atoms with Gasteiger partial charge in [-0.15, -0.1) is 11.3 Å². The van der Waals surface area contributed by atoms with Gasteiger partial charge in [0.15, 0.2) is 5.13 Å². The maximum atomic E-state index is 11.5. The average molecular weight is 314 g/mol. The molecule has 0 aliphatic carbocycles. The molecule has 2 heterocycles. The molecule has 0 saturated heterocycles. The van der Waals surface area contributed by atoms with Crippen molar-refractivity contribution in [3.63, 3.8) is 0 Å². The second-order valence-electron chi connectivity index (χ2n) is 4.52. The average Bonchev–Trinajstić information content (AvgIpc) is 3.19. The second kappa shape index (κ2) is 6.50. The van der Waals surface area contributed by atoms with Crippen molar-refractivity contribution in [3.8, 4) is 16.9 Å². The second-order valence-corrected chi connectivity index (χ2v) is 5.37. The Labute approximate surface area is 131 Å². The van der Waals surface area contributed by atoms with E-state index in [4.69, 9.17) is 4.74 Å². The number of thiazole rings is 1. The van der Waals surface area contributed by atoms with Crippen LogP contribution in [0.2, 0.25) is 0 Å². The number of anilines is 1. The zero-order chi connectivity index (χ0) is 15.4. The van der Waals surface area contributed by atoms with Gasteiger partial charge in [-0.25, -0.2) is 9.67 Å². The van der Waals surface area contributed by atoms with Crippen LogP contribution in [0.5, 0.6) is 0 Å². The van der Waals surface area contributed by atoms with Crippen molar-refractivity contribution in [2.75, 3.05) is 19.0 Å². The Balaban J connectivity index is 1.74. The Bertz CT molecular complexity index is 750. The van der Waals surface area contributed by atoms with E-state index in [0.717, 1.165) is 16.9 Å². The summed E-state index contributed by atoms with van der Waals surface area (Å²) in [5, 5.41) is 9.35. The number of ether oxygens (including phenoxy) is 1. The van der Waals surface area contributed by atoms with Crippen molar-refractivity contribution in [3.05, 3.63) is 48.1 Å². The van der Waals surface area contributed by atoms with Gasteiger partial charge in [0.2, 0.25) is 0 Å². The van der Waals surface area contributed by atoms with Crippen LogP contribution in [0.4, 0.5) is 5.13 Å². The van der Waals surface area contributed by atoms with Crippen molar-refractivity contribution >= 4 is 22.4 Å². The monoisotopic (exact) mass is 314 g/mol. The minimum Gasteiger partial charge on any atom is -0.375 e. The molecule has 0 bridgehead atoms. The molecular formula is C15H14N4O2S. The van der Waals surface area contributed by atoms with E-state index in [1.54, 1.807) is 10.9 Å². The first-order valence-corrected chi connectivity index (χ1v) is 7.49. The van der Waals surface area contributed by atoms with E-state index in [1.165, 1.54) is 18.4 Å². The highest BCUT2D eigenvalue weighted by Gasteiger charge is 2.08. The molecule has 0 unspecified atom stereocenters. The molecule has 6 nitrogen and oxygen atoms in total. The Morgan fingerprint density at radius 3 is 2.86 bits per heavy atom. The number of rotatable bonds is 5. The number of amides is 1. The third-order valence-electron chi connectivity index (χ3n) is 2.96. The van der Waals surface area contributed by atoms with Gasteiger partial charge in [0.05, 0.1) is 11.4 Å². The van der Waals surface area contributed by atoms with Gasteiger partial charge >= 0.3 is 0 Å². The predicted octanol–water partition coefficient (Wildman–Crippen LogP) is 2.58. The first kappa shape index (κ1) is 14.4. The molecule has 3 aromatic rings. The van der Waals surface area contributed by atoms with Crippen molar-refractivity contribution in [2.24, 2.45) is 0 Å². The van der Waals surface area contributed by atoms with E-state index >= 15 is 0 Å². The summed E-state index contributed by atoms with van der Waals surface area (Å²) in [7, 11) is 1.48. The maximum absolute atomic E-state index is 11.5. The molecule has 112 valence electrons. The van der Waals surface area contributed by atoms with Crippen molar-refractivity contribution in [2.45, 2.75) is 0 Å². The molecule has 0 aliphatic rings. The van der Waals surface area contributed by atoms with Crippen molar-refractivity contribution in [1.29, 1.82) is 0 Å². The van der Waals surface area contributed by atoms with Gasteiger partial charge in [0, 0.05) is 30.4 Å². The van der Waals surface area contributed by atoms with Crippen molar-refractivity contribution < 1.29 is 9.53 Å². The quantitative estimate of drug-likeness (QED) is 0.786. The highest BCUT2D eigenvalue weighted by Crippen LogP contribution is 2.25. The smallest absolute Gasteiger partial charge is 0.252 e. The van der Waals surface area contributed by atoms with Crippen LogP contribution in [-0.2, 0) is 9.53 Å². The number of hydrogen-bond donors (Lipinski definition) is 1. The lowest BCUT2D eigenvalue weighted by molar-refractivity contribution is -0.119. The molecule has 0 saturated carbocycles. The summed E-state index contributed by atoms with van der Waals surface area (Å²) in [6.45, 7) is 0.0213. The Kier molecular flexibility index (Phi) is 4.27. The van der Waals surface area contributed by atoms with E-state index in [0.29, 0.717) is 5.13 Å².